The number of hydrogen-bond acceptors (Lipinski definition) is 3. The van der Waals surface area contributed by atoms with Gasteiger partial charge < -0.3 is 10.4 Å². The van der Waals surface area contributed by atoms with Crippen LogP contribution in [0.3, 0.4) is 0 Å². The van der Waals surface area contributed by atoms with Gasteiger partial charge in [-0.25, -0.2) is 0 Å². The molecule has 0 unspecified atom stereocenters. The van der Waals surface area contributed by atoms with Crippen LogP contribution in [-0.4, -0.2) is 36.2 Å². The van der Waals surface area contributed by atoms with Crippen molar-refractivity contribution in [1.82, 2.24) is 10.2 Å². The van der Waals surface area contributed by atoms with E-state index in [0.717, 1.165) is 39.7 Å². The Balaban J connectivity index is 0.00000200. The molecule has 1 aromatic rings. The number of phenols is 1. The van der Waals surface area contributed by atoms with E-state index < -0.39 is 0 Å². The van der Waals surface area contributed by atoms with Crippen LogP contribution in [-0.2, 0) is 0 Å². The van der Waals surface area contributed by atoms with Crippen molar-refractivity contribution in [3.8, 4) is 5.75 Å². The van der Waals surface area contributed by atoms with Crippen LogP contribution in [0.4, 0.5) is 0 Å². The summed E-state index contributed by atoms with van der Waals surface area (Å²) < 4.78 is 1.84. The van der Waals surface area contributed by atoms with Gasteiger partial charge in [0.1, 0.15) is 5.75 Å². The summed E-state index contributed by atoms with van der Waals surface area (Å²) in [5, 5.41) is 13.3. The SMILES string of the molecule is C=CC[C@H](c1cc(I)c(O)c(I)c1)N1CCNCC1.Cl.Cl. The molecular weight excluding hydrogens is 537 g/mol. The summed E-state index contributed by atoms with van der Waals surface area (Å²) in [5.41, 5.74) is 1.27. The van der Waals surface area contributed by atoms with Gasteiger partial charge in [0.05, 0.1) is 7.14 Å². The van der Waals surface area contributed by atoms with Gasteiger partial charge in [0, 0.05) is 32.2 Å². The molecule has 0 saturated carbocycles. The molecule has 1 atom stereocenters. The second kappa shape index (κ2) is 10.5. The number of nitrogens with one attached hydrogen (secondary N) is 1. The summed E-state index contributed by atoms with van der Waals surface area (Å²) in [4.78, 5) is 2.50. The van der Waals surface area contributed by atoms with Crippen LogP contribution in [0.5, 0.6) is 5.75 Å². The number of halogens is 4. The van der Waals surface area contributed by atoms with E-state index in [1.54, 1.807) is 0 Å². The largest absolute Gasteiger partial charge is 0.506 e. The van der Waals surface area contributed by atoms with Crippen molar-refractivity contribution in [1.29, 1.82) is 0 Å². The molecule has 0 bridgehead atoms. The smallest absolute Gasteiger partial charge is 0.142 e. The Kier molecular flexibility index (Phi) is 10.8. The molecule has 1 aliphatic rings. The molecule has 0 radical (unpaired) electrons. The molecule has 1 aliphatic heterocycles. The van der Waals surface area contributed by atoms with Crippen LogP contribution in [0.15, 0.2) is 24.8 Å². The highest BCUT2D eigenvalue weighted by Crippen LogP contribution is 2.33. The molecule has 1 aromatic carbocycles. The minimum Gasteiger partial charge on any atom is -0.506 e. The van der Waals surface area contributed by atoms with Gasteiger partial charge in [-0.1, -0.05) is 6.08 Å². The predicted molar refractivity (Wildman–Crippen MR) is 110 cm³/mol. The molecule has 7 heteroatoms. The van der Waals surface area contributed by atoms with E-state index >= 15 is 0 Å². The summed E-state index contributed by atoms with van der Waals surface area (Å²) >= 11 is 4.39. The molecule has 0 aromatic heterocycles. The summed E-state index contributed by atoms with van der Waals surface area (Å²) in [6.07, 6.45) is 2.93. The number of hydrogen-bond donors (Lipinski definition) is 2. The Bertz CT molecular complexity index is 445. The van der Waals surface area contributed by atoms with Crippen LogP contribution in [0.2, 0.25) is 0 Å². The molecule has 2 rings (SSSR count). The molecule has 1 saturated heterocycles. The lowest BCUT2D eigenvalue weighted by Gasteiger charge is -2.35. The summed E-state index contributed by atoms with van der Waals surface area (Å²) in [5.74, 6) is 0.391. The third-order valence-electron chi connectivity index (χ3n) is 3.41. The molecular formula is C14H20Cl2I2N2O. The average Bonchev–Trinajstić information content (AvgIpc) is 2.42. The molecule has 1 fully saturated rings. The van der Waals surface area contributed by atoms with E-state index in [4.69, 9.17) is 0 Å². The number of benzene rings is 1. The zero-order chi connectivity index (χ0) is 13.8. The van der Waals surface area contributed by atoms with E-state index in [0.29, 0.717) is 11.8 Å². The zero-order valence-electron chi connectivity index (χ0n) is 11.5. The maximum atomic E-state index is 9.89. The Labute approximate surface area is 166 Å². The molecule has 120 valence electrons. The van der Waals surface area contributed by atoms with Gasteiger partial charge >= 0.3 is 0 Å². The first-order valence-corrected chi connectivity index (χ1v) is 8.52. The number of rotatable bonds is 4. The Morgan fingerprint density at radius 3 is 2.24 bits per heavy atom. The van der Waals surface area contributed by atoms with Crippen molar-refractivity contribution in [2.45, 2.75) is 12.5 Å². The predicted octanol–water partition coefficient (Wildman–Crippen LogP) is 3.97. The average molecular weight is 557 g/mol. The van der Waals surface area contributed by atoms with Crippen LogP contribution in [0.25, 0.3) is 0 Å². The van der Waals surface area contributed by atoms with E-state index in [1.807, 2.05) is 6.08 Å². The first kappa shape index (κ1) is 21.7. The molecule has 0 aliphatic carbocycles. The highest BCUT2D eigenvalue weighted by atomic mass is 127. The van der Waals surface area contributed by atoms with E-state index in [2.05, 4.69) is 74.1 Å². The first-order valence-electron chi connectivity index (χ1n) is 6.37. The highest BCUT2D eigenvalue weighted by molar-refractivity contribution is 14.1. The second-order valence-corrected chi connectivity index (χ2v) is 6.98. The summed E-state index contributed by atoms with van der Waals surface area (Å²) in [6.45, 7) is 8.10. The van der Waals surface area contributed by atoms with Crippen molar-refractivity contribution in [3.05, 3.63) is 37.5 Å². The maximum absolute atomic E-state index is 9.89. The summed E-state index contributed by atoms with van der Waals surface area (Å²) in [6, 6.07) is 4.55. The van der Waals surface area contributed by atoms with Gasteiger partial charge in [-0.2, -0.15) is 0 Å². The zero-order valence-corrected chi connectivity index (χ0v) is 17.5. The normalized spacial score (nSPS) is 16.5. The van der Waals surface area contributed by atoms with Gasteiger partial charge in [0.2, 0.25) is 0 Å². The third kappa shape index (κ3) is 5.69. The Hall–Kier alpha value is 0.720. The van der Waals surface area contributed by atoms with Gasteiger partial charge in [-0.3, -0.25) is 4.90 Å². The third-order valence-corrected chi connectivity index (χ3v) is 5.05. The van der Waals surface area contributed by atoms with Crippen molar-refractivity contribution < 1.29 is 5.11 Å². The van der Waals surface area contributed by atoms with E-state index in [-0.39, 0.29) is 24.8 Å². The van der Waals surface area contributed by atoms with Crippen molar-refractivity contribution >= 4 is 70.0 Å². The van der Waals surface area contributed by atoms with Gasteiger partial charge in [-0.15, -0.1) is 31.4 Å². The highest BCUT2D eigenvalue weighted by Gasteiger charge is 2.22. The number of phenolic OH excluding ortho intramolecular Hbond substituents is 1. The number of piperazine rings is 1. The maximum Gasteiger partial charge on any atom is 0.142 e. The lowest BCUT2D eigenvalue weighted by Crippen LogP contribution is -2.45. The monoisotopic (exact) mass is 556 g/mol. The molecule has 21 heavy (non-hydrogen) atoms. The minimum absolute atomic E-state index is 0. The van der Waals surface area contributed by atoms with Crippen LogP contribution < -0.4 is 5.32 Å². The van der Waals surface area contributed by atoms with Gasteiger partial charge in [0.25, 0.3) is 0 Å². The first-order chi connectivity index (χ1) is 9.13. The standard InChI is InChI=1S/C14H18I2N2O.2ClH/c1-2-3-13(18-6-4-17-5-7-18)10-8-11(15)14(19)12(16)9-10;;/h2,8-9,13,17,19H,1,3-7H2;2*1H/t13-;;/m1../s1. The summed E-state index contributed by atoms with van der Waals surface area (Å²) in [7, 11) is 0. The van der Waals surface area contributed by atoms with Gasteiger partial charge in [-0.05, 0) is 69.3 Å². The van der Waals surface area contributed by atoms with Crippen LogP contribution in [0, 0.1) is 7.14 Å². The fraction of sp³-hybridized carbons (Fsp3) is 0.429. The van der Waals surface area contributed by atoms with Crippen LogP contribution >= 0.6 is 70.0 Å². The number of nitrogens with zero attached hydrogens (tertiary/aromatic N) is 1. The minimum atomic E-state index is 0. The van der Waals surface area contributed by atoms with Crippen molar-refractivity contribution in [3.63, 3.8) is 0 Å². The molecule has 0 spiro atoms. The quantitative estimate of drug-likeness (QED) is 0.435. The molecule has 0 amide bonds. The van der Waals surface area contributed by atoms with Crippen molar-refractivity contribution in [2.24, 2.45) is 0 Å². The molecule has 2 N–H and O–H groups in total. The van der Waals surface area contributed by atoms with Gasteiger partial charge in [0.15, 0.2) is 0 Å². The number of aromatic hydroxyl groups is 1. The fourth-order valence-corrected chi connectivity index (χ4v) is 4.24. The van der Waals surface area contributed by atoms with E-state index in [1.165, 1.54) is 5.56 Å². The van der Waals surface area contributed by atoms with E-state index in [9.17, 15) is 5.11 Å². The fourth-order valence-electron chi connectivity index (χ4n) is 2.43. The van der Waals surface area contributed by atoms with Crippen LogP contribution in [0.1, 0.15) is 18.0 Å². The second-order valence-electron chi connectivity index (χ2n) is 4.66. The lowest BCUT2D eigenvalue weighted by molar-refractivity contribution is 0.174. The molecule has 1 heterocycles. The Morgan fingerprint density at radius 2 is 1.76 bits per heavy atom. The molecule has 3 nitrogen and oxygen atoms in total. The lowest BCUT2D eigenvalue weighted by atomic mass is 10.0. The Morgan fingerprint density at radius 1 is 1.24 bits per heavy atom. The topological polar surface area (TPSA) is 35.5 Å². The van der Waals surface area contributed by atoms with Crippen molar-refractivity contribution in [2.75, 3.05) is 26.2 Å².